The number of carbonyl (C=O) groups excluding carboxylic acids is 3. The molecule has 4 amide bonds. The van der Waals surface area contributed by atoms with Gasteiger partial charge in [-0.25, -0.2) is 9.69 Å². The Morgan fingerprint density at radius 2 is 1.75 bits per heavy atom. The number of anilines is 2. The highest BCUT2D eigenvalue weighted by Crippen LogP contribution is 2.43. The summed E-state index contributed by atoms with van der Waals surface area (Å²) < 4.78 is 0. The number of hydrogen-bond acceptors (Lipinski definition) is 4. The predicted molar refractivity (Wildman–Crippen MR) is 127 cm³/mol. The summed E-state index contributed by atoms with van der Waals surface area (Å²) in [6.45, 7) is 6.59. The molecule has 0 unspecified atom stereocenters. The van der Waals surface area contributed by atoms with E-state index in [1.165, 1.54) is 24.3 Å². The molecule has 4 rings (SSSR count). The van der Waals surface area contributed by atoms with E-state index in [9.17, 15) is 14.4 Å². The van der Waals surface area contributed by atoms with Crippen LogP contribution in [0.3, 0.4) is 0 Å². The molecule has 166 valence electrons. The first-order chi connectivity index (χ1) is 15.0. The van der Waals surface area contributed by atoms with Crippen molar-refractivity contribution in [3.8, 4) is 0 Å². The molecule has 0 saturated carbocycles. The van der Waals surface area contributed by atoms with Crippen LogP contribution >= 0.6 is 23.2 Å². The van der Waals surface area contributed by atoms with Gasteiger partial charge in [0.25, 0.3) is 11.8 Å². The number of carbonyl (C=O) groups is 3. The summed E-state index contributed by atoms with van der Waals surface area (Å²) in [5, 5.41) is 2.71. The Kier molecular flexibility index (Phi) is 5.55. The van der Waals surface area contributed by atoms with Gasteiger partial charge in [0.2, 0.25) is 0 Å². The molecule has 0 aliphatic carbocycles. The summed E-state index contributed by atoms with van der Waals surface area (Å²) in [5.74, 6) is -1.17. The summed E-state index contributed by atoms with van der Waals surface area (Å²) in [7, 11) is 2.07. The van der Waals surface area contributed by atoms with Crippen LogP contribution in [0.25, 0.3) is 6.08 Å². The number of amides is 4. The molecular formula is C24H23Cl2N3O3. The van der Waals surface area contributed by atoms with E-state index in [-0.39, 0.29) is 21.8 Å². The van der Waals surface area contributed by atoms with Crippen LogP contribution in [0.2, 0.25) is 10.0 Å². The van der Waals surface area contributed by atoms with Crippen LogP contribution in [0.4, 0.5) is 16.2 Å². The molecule has 1 atom stereocenters. The Labute approximate surface area is 196 Å². The Morgan fingerprint density at radius 3 is 2.44 bits per heavy atom. The van der Waals surface area contributed by atoms with Crippen LogP contribution < -0.4 is 15.1 Å². The first-order valence-electron chi connectivity index (χ1n) is 10.2. The van der Waals surface area contributed by atoms with Crippen molar-refractivity contribution < 1.29 is 14.4 Å². The fourth-order valence-electron chi connectivity index (χ4n) is 4.39. The Morgan fingerprint density at radius 1 is 1.06 bits per heavy atom. The van der Waals surface area contributed by atoms with Crippen molar-refractivity contribution in [3.63, 3.8) is 0 Å². The van der Waals surface area contributed by atoms with Crippen LogP contribution in [-0.2, 0) is 9.59 Å². The molecule has 2 aromatic rings. The van der Waals surface area contributed by atoms with E-state index in [0.29, 0.717) is 16.5 Å². The summed E-state index contributed by atoms with van der Waals surface area (Å²) in [6.07, 6.45) is 2.49. The minimum Gasteiger partial charge on any atom is -0.369 e. The van der Waals surface area contributed by atoms with Gasteiger partial charge in [0.1, 0.15) is 5.57 Å². The molecule has 6 nitrogen and oxygen atoms in total. The molecule has 0 aromatic heterocycles. The van der Waals surface area contributed by atoms with Crippen molar-refractivity contribution in [2.24, 2.45) is 0 Å². The third-order valence-electron chi connectivity index (χ3n) is 6.22. The van der Waals surface area contributed by atoms with Gasteiger partial charge < -0.3 is 4.90 Å². The average Bonchev–Trinajstić information content (AvgIpc) is 2.70. The van der Waals surface area contributed by atoms with E-state index in [1.807, 2.05) is 18.2 Å². The summed E-state index contributed by atoms with van der Waals surface area (Å²) in [4.78, 5) is 41.2. The maximum Gasteiger partial charge on any atom is 0.335 e. The first kappa shape index (κ1) is 22.4. The SMILES string of the molecule is C[C@H]1CC(C)(C)N(C)c2ccc(/C=C3\C(=O)NC(=O)N(c4ccc(Cl)cc4Cl)C3=O)cc21. The first-order valence-corrected chi connectivity index (χ1v) is 11.0. The lowest BCUT2D eigenvalue weighted by Crippen LogP contribution is -2.54. The van der Waals surface area contributed by atoms with Crippen LogP contribution in [-0.4, -0.2) is 30.4 Å². The molecule has 32 heavy (non-hydrogen) atoms. The van der Waals surface area contributed by atoms with Crippen LogP contribution in [0.5, 0.6) is 0 Å². The zero-order chi connectivity index (χ0) is 23.4. The Hall–Kier alpha value is -2.83. The van der Waals surface area contributed by atoms with Crippen LogP contribution in [0, 0.1) is 0 Å². The van der Waals surface area contributed by atoms with E-state index < -0.39 is 17.8 Å². The van der Waals surface area contributed by atoms with Crippen molar-refractivity contribution >= 4 is 58.5 Å². The molecule has 0 bridgehead atoms. The normalized spacial score (nSPS) is 21.6. The molecule has 0 spiro atoms. The third-order valence-corrected chi connectivity index (χ3v) is 6.76. The van der Waals surface area contributed by atoms with Crippen molar-refractivity contribution in [1.82, 2.24) is 5.32 Å². The summed E-state index contributed by atoms with van der Waals surface area (Å²) in [6, 6.07) is 9.43. The van der Waals surface area contributed by atoms with Crippen molar-refractivity contribution in [3.05, 3.63) is 63.1 Å². The molecular weight excluding hydrogens is 449 g/mol. The highest BCUT2D eigenvalue weighted by molar-refractivity contribution is 6.42. The largest absolute Gasteiger partial charge is 0.369 e. The number of barbiturate groups is 1. The predicted octanol–water partition coefficient (Wildman–Crippen LogP) is 5.38. The number of halogens is 2. The van der Waals surface area contributed by atoms with Gasteiger partial charge in [0, 0.05) is 23.3 Å². The highest BCUT2D eigenvalue weighted by atomic mass is 35.5. The summed E-state index contributed by atoms with van der Waals surface area (Å²) in [5.41, 5.74) is 3.02. The second-order valence-corrected chi connectivity index (χ2v) is 9.69. The monoisotopic (exact) mass is 471 g/mol. The minimum absolute atomic E-state index is 0.0321. The van der Waals surface area contributed by atoms with Crippen molar-refractivity contribution in [2.45, 2.75) is 38.6 Å². The number of benzene rings is 2. The number of nitrogens with zero attached hydrogens (tertiary/aromatic N) is 2. The lowest BCUT2D eigenvalue weighted by atomic mass is 9.80. The highest BCUT2D eigenvalue weighted by Gasteiger charge is 2.38. The molecule has 2 heterocycles. The number of fused-ring (bicyclic) bond motifs is 1. The summed E-state index contributed by atoms with van der Waals surface area (Å²) >= 11 is 12.1. The quantitative estimate of drug-likeness (QED) is 0.471. The lowest BCUT2D eigenvalue weighted by molar-refractivity contribution is -0.122. The number of nitrogens with one attached hydrogen (secondary N) is 1. The van der Waals surface area contributed by atoms with Gasteiger partial charge in [-0.1, -0.05) is 36.2 Å². The molecule has 2 aromatic carbocycles. The average molecular weight is 472 g/mol. The molecule has 2 aliphatic heterocycles. The van der Waals surface area contributed by atoms with Gasteiger partial charge >= 0.3 is 6.03 Å². The standard InChI is InChI=1S/C24H23Cl2N3O3/c1-13-12-24(2,3)28(4)19-7-5-14(9-16(13)19)10-17-21(30)27-23(32)29(22(17)31)20-8-6-15(25)11-18(20)26/h5-11,13H,12H2,1-4H3,(H,27,30,32)/b17-10+/t13-/m0/s1. The van der Waals surface area contributed by atoms with Gasteiger partial charge in [0.15, 0.2) is 0 Å². The van der Waals surface area contributed by atoms with Crippen LogP contribution in [0.1, 0.15) is 44.2 Å². The van der Waals surface area contributed by atoms with Gasteiger partial charge in [-0.05, 0) is 73.7 Å². The van der Waals surface area contributed by atoms with Gasteiger partial charge in [-0.15, -0.1) is 0 Å². The number of urea groups is 1. The van der Waals surface area contributed by atoms with Gasteiger partial charge in [-0.2, -0.15) is 0 Å². The maximum absolute atomic E-state index is 13.2. The number of rotatable bonds is 2. The number of imide groups is 2. The van der Waals surface area contributed by atoms with Gasteiger partial charge in [-0.3, -0.25) is 14.9 Å². The van der Waals surface area contributed by atoms with E-state index in [0.717, 1.165) is 22.6 Å². The fraction of sp³-hybridized carbons (Fsp3) is 0.292. The third kappa shape index (κ3) is 3.78. The number of hydrogen-bond donors (Lipinski definition) is 1. The topological polar surface area (TPSA) is 69.7 Å². The maximum atomic E-state index is 13.2. The van der Waals surface area contributed by atoms with Crippen LogP contribution in [0.15, 0.2) is 42.0 Å². The van der Waals surface area contributed by atoms with E-state index >= 15 is 0 Å². The molecule has 2 aliphatic rings. The second kappa shape index (κ2) is 7.94. The van der Waals surface area contributed by atoms with Gasteiger partial charge in [0.05, 0.1) is 10.7 Å². The lowest BCUT2D eigenvalue weighted by Gasteiger charge is -2.45. The molecule has 1 fully saturated rings. The zero-order valence-corrected chi connectivity index (χ0v) is 19.7. The molecule has 8 heteroatoms. The fourth-order valence-corrected chi connectivity index (χ4v) is 4.88. The Bertz CT molecular complexity index is 1190. The molecule has 1 saturated heterocycles. The van der Waals surface area contributed by atoms with Crippen molar-refractivity contribution in [2.75, 3.05) is 16.8 Å². The Balaban J connectivity index is 1.74. The van der Waals surface area contributed by atoms with E-state index in [4.69, 9.17) is 23.2 Å². The minimum atomic E-state index is -0.857. The van der Waals surface area contributed by atoms with E-state index in [1.54, 1.807) is 0 Å². The zero-order valence-electron chi connectivity index (χ0n) is 18.2. The smallest absolute Gasteiger partial charge is 0.335 e. The molecule has 0 radical (unpaired) electrons. The van der Waals surface area contributed by atoms with Crippen molar-refractivity contribution in [1.29, 1.82) is 0 Å². The molecule has 1 N–H and O–H groups in total. The second-order valence-electron chi connectivity index (χ2n) is 8.85. The van der Waals surface area contributed by atoms with E-state index in [2.05, 4.69) is 38.0 Å².